The molecule has 1 amide bonds. The van der Waals surface area contributed by atoms with Crippen LogP contribution in [0.25, 0.3) is 10.9 Å². The molecule has 2 aromatic rings. The van der Waals surface area contributed by atoms with Crippen molar-refractivity contribution >= 4 is 16.8 Å². The summed E-state index contributed by atoms with van der Waals surface area (Å²) in [6.07, 6.45) is 6.61. The first-order valence-electron chi connectivity index (χ1n) is 11.3. The van der Waals surface area contributed by atoms with Crippen LogP contribution in [0.5, 0.6) is 5.75 Å². The minimum atomic E-state index is -0.484. The predicted octanol–water partition coefficient (Wildman–Crippen LogP) is 3.28. The maximum Gasteiger partial charge on any atom is 0.267 e. The third-order valence-electron chi connectivity index (χ3n) is 7.51. The Kier molecular flexibility index (Phi) is 4.85. The number of carbonyl (C=O) groups is 1. The molecule has 0 atom stereocenters. The predicted molar refractivity (Wildman–Crippen MR) is 117 cm³/mol. The highest BCUT2D eigenvalue weighted by molar-refractivity contribution is 6.02. The minimum Gasteiger partial charge on any atom is -0.506 e. The molecule has 2 aliphatic carbocycles. The molecule has 6 heteroatoms. The third-order valence-corrected chi connectivity index (χ3v) is 7.51. The van der Waals surface area contributed by atoms with Gasteiger partial charge in [-0.25, -0.2) is 0 Å². The highest BCUT2D eigenvalue weighted by Crippen LogP contribution is 2.48. The number of carbonyl (C=O) groups excluding carboxylic acids is 1. The molecule has 0 radical (unpaired) electrons. The zero-order valence-electron chi connectivity index (χ0n) is 17.8. The normalized spacial score (nSPS) is 27.8. The molecule has 1 aromatic carbocycles. The van der Waals surface area contributed by atoms with E-state index in [1.54, 1.807) is 22.8 Å². The second-order valence-corrected chi connectivity index (χ2v) is 9.72. The van der Waals surface area contributed by atoms with Crippen LogP contribution < -0.4 is 10.9 Å². The smallest absolute Gasteiger partial charge is 0.267 e. The van der Waals surface area contributed by atoms with Gasteiger partial charge in [-0.1, -0.05) is 12.1 Å². The van der Waals surface area contributed by atoms with E-state index in [0.29, 0.717) is 29.5 Å². The Hall–Kier alpha value is -2.34. The standard InChI is InChI=1S/C24H31N3O3/c1-14(2)27-20-6-4-3-5-19(20)22(28)21(24(27)30)23(29)25-7-8-26-17-10-15-9-16(12-17)13-18(26)11-15/h3-6,14-18,28H,7-13H2,1-2H3,(H,25,29). The molecule has 0 spiro atoms. The van der Waals surface area contributed by atoms with Gasteiger partial charge in [0.25, 0.3) is 11.5 Å². The summed E-state index contributed by atoms with van der Waals surface area (Å²) in [5, 5.41) is 14.2. The molecule has 0 unspecified atom stereocenters. The molecule has 2 aliphatic heterocycles. The molecule has 3 heterocycles. The number of aromatic hydroxyl groups is 1. The zero-order valence-corrected chi connectivity index (χ0v) is 17.8. The first kappa shape index (κ1) is 19.6. The molecule has 2 N–H and O–H groups in total. The van der Waals surface area contributed by atoms with Crippen molar-refractivity contribution in [2.75, 3.05) is 13.1 Å². The minimum absolute atomic E-state index is 0.117. The zero-order chi connectivity index (χ0) is 21.0. The van der Waals surface area contributed by atoms with Crippen LogP contribution in [0.3, 0.4) is 0 Å². The van der Waals surface area contributed by atoms with Crippen LogP contribution >= 0.6 is 0 Å². The number of nitrogens with zero attached hydrogens (tertiary/aromatic N) is 2. The Morgan fingerprint density at radius 1 is 1.10 bits per heavy atom. The number of nitrogens with one attached hydrogen (secondary N) is 1. The summed E-state index contributed by atoms with van der Waals surface area (Å²) in [5.74, 6) is 1.10. The molecule has 4 bridgehead atoms. The summed E-state index contributed by atoms with van der Waals surface area (Å²) in [5.41, 5.74) is 0.0577. The number of piperidine rings is 2. The van der Waals surface area contributed by atoms with Crippen molar-refractivity contribution in [2.45, 2.75) is 64.1 Å². The van der Waals surface area contributed by atoms with Crippen LogP contribution in [0.1, 0.15) is 62.4 Å². The van der Waals surface area contributed by atoms with E-state index in [0.717, 1.165) is 18.4 Å². The number of hydrogen-bond acceptors (Lipinski definition) is 4. The fourth-order valence-electron chi connectivity index (χ4n) is 6.44. The van der Waals surface area contributed by atoms with Gasteiger partial charge in [0, 0.05) is 36.6 Å². The molecule has 6 nitrogen and oxygen atoms in total. The number of benzene rings is 1. The summed E-state index contributed by atoms with van der Waals surface area (Å²) in [6, 6.07) is 8.39. The monoisotopic (exact) mass is 409 g/mol. The third kappa shape index (κ3) is 3.13. The van der Waals surface area contributed by atoms with Crippen LogP contribution in [0, 0.1) is 11.8 Å². The number of pyridine rings is 1. The van der Waals surface area contributed by atoms with Gasteiger partial charge in [0.05, 0.1) is 5.52 Å². The number of hydrogen-bond donors (Lipinski definition) is 2. The van der Waals surface area contributed by atoms with Crippen molar-refractivity contribution in [3.8, 4) is 5.75 Å². The van der Waals surface area contributed by atoms with Gasteiger partial charge in [0.15, 0.2) is 0 Å². The van der Waals surface area contributed by atoms with Crippen LogP contribution in [0.4, 0.5) is 0 Å². The van der Waals surface area contributed by atoms with Gasteiger partial charge in [-0.2, -0.15) is 0 Å². The number of aromatic nitrogens is 1. The molecule has 160 valence electrons. The summed E-state index contributed by atoms with van der Waals surface area (Å²) >= 11 is 0. The van der Waals surface area contributed by atoms with Crippen LogP contribution in [0.2, 0.25) is 0 Å². The van der Waals surface area contributed by atoms with E-state index in [-0.39, 0.29) is 17.4 Å². The molecular weight excluding hydrogens is 378 g/mol. The second kappa shape index (κ2) is 7.41. The van der Waals surface area contributed by atoms with Crippen molar-refractivity contribution in [1.82, 2.24) is 14.8 Å². The summed E-state index contributed by atoms with van der Waals surface area (Å²) in [4.78, 5) is 28.6. The fourth-order valence-corrected chi connectivity index (χ4v) is 6.44. The Labute approximate surface area is 176 Å². The highest BCUT2D eigenvalue weighted by atomic mass is 16.3. The van der Waals surface area contributed by atoms with Crippen molar-refractivity contribution in [1.29, 1.82) is 0 Å². The fraction of sp³-hybridized carbons (Fsp3) is 0.583. The number of amides is 1. The lowest BCUT2D eigenvalue weighted by molar-refractivity contribution is -0.0574. The first-order valence-corrected chi connectivity index (χ1v) is 11.3. The molecule has 6 rings (SSSR count). The molecule has 4 aliphatic rings. The van der Waals surface area contributed by atoms with Gasteiger partial charge >= 0.3 is 0 Å². The van der Waals surface area contributed by atoms with Crippen molar-refractivity contribution in [3.63, 3.8) is 0 Å². The average molecular weight is 410 g/mol. The van der Waals surface area contributed by atoms with Gasteiger partial charge in [-0.05, 0) is 69.9 Å². The topological polar surface area (TPSA) is 74.6 Å². The van der Waals surface area contributed by atoms with Crippen molar-refractivity contribution in [3.05, 3.63) is 40.2 Å². The lowest BCUT2D eigenvalue weighted by Crippen LogP contribution is -2.59. The van der Waals surface area contributed by atoms with E-state index < -0.39 is 11.5 Å². The van der Waals surface area contributed by atoms with Crippen LogP contribution in [-0.4, -0.2) is 45.7 Å². The maximum absolute atomic E-state index is 13.1. The van der Waals surface area contributed by atoms with E-state index in [2.05, 4.69) is 10.2 Å². The van der Waals surface area contributed by atoms with E-state index >= 15 is 0 Å². The lowest BCUT2D eigenvalue weighted by Gasteiger charge is -2.56. The van der Waals surface area contributed by atoms with E-state index in [1.807, 2.05) is 19.9 Å². The van der Waals surface area contributed by atoms with Crippen LogP contribution in [-0.2, 0) is 0 Å². The van der Waals surface area contributed by atoms with E-state index in [4.69, 9.17) is 0 Å². The van der Waals surface area contributed by atoms with Gasteiger partial charge < -0.3 is 15.0 Å². The highest BCUT2D eigenvalue weighted by Gasteiger charge is 2.46. The molecule has 30 heavy (non-hydrogen) atoms. The van der Waals surface area contributed by atoms with E-state index in [9.17, 15) is 14.7 Å². The van der Waals surface area contributed by atoms with Crippen LogP contribution in [0.15, 0.2) is 29.1 Å². The summed E-state index contributed by atoms with van der Waals surface area (Å²) < 4.78 is 1.59. The number of fused-ring (bicyclic) bond motifs is 1. The molecule has 2 saturated carbocycles. The molecular formula is C24H31N3O3. The summed E-state index contributed by atoms with van der Waals surface area (Å²) in [6.45, 7) is 5.13. The maximum atomic E-state index is 13.1. The second-order valence-electron chi connectivity index (χ2n) is 9.72. The largest absolute Gasteiger partial charge is 0.506 e. The number of para-hydroxylation sites is 1. The lowest BCUT2D eigenvalue weighted by atomic mass is 9.63. The molecule has 1 aromatic heterocycles. The Morgan fingerprint density at radius 3 is 2.37 bits per heavy atom. The quantitative estimate of drug-likeness (QED) is 0.795. The summed E-state index contributed by atoms with van der Waals surface area (Å²) in [7, 11) is 0. The van der Waals surface area contributed by atoms with Gasteiger partial charge in [0.1, 0.15) is 11.3 Å². The Morgan fingerprint density at radius 2 is 1.73 bits per heavy atom. The average Bonchev–Trinajstić information content (AvgIpc) is 2.69. The Bertz CT molecular complexity index is 1010. The van der Waals surface area contributed by atoms with Crippen molar-refractivity contribution < 1.29 is 9.90 Å². The van der Waals surface area contributed by atoms with Gasteiger partial charge in [0.2, 0.25) is 0 Å². The SMILES string of the molecule is CC(C)n1c(=O)c(C(=O)NCCN2C3CC4CC(C3)CC2C4)c(O)c2ccccc21. The van der Waals surface area contributed by atoms with E-state index in [1.165, 1.54) is 32.1 Å². The van der Waals surface area contributed by atoms with Gasteiger partial charge in [-0.3, -0.25) is 14.5 Å². The molecule has 2 saturated heterocycles. The van der Waals surface area contributed by atoms with Crippen molar-refractivity contribution in [2.24, 2.45) is 11.8 Å². The first-order chi connectivity index (χ1) is 14.4. The molecule has 4 fully saturated rings. The van der Waals surface area contributed by atoms with Gasteiger partial charge in [-0.15, -0.1) is 0 Å². The number of rotatable bonds is 5. The Balaban J connectivity index is 1.35.